The van der Waals surface area contributed by atoms with Crippen LogP contribution < -0.4 is 4.90 Å². The SMILES string of the molecule is Cc1cccc2sc(N(CCCn3ccnc3)C(=O)c3cccc(C(F)(F)F)c3)nc12. The molecular weight excluding hydrogens is 425 g/mol. The van der Waals surface area contributed by atoms with Gasteiger partial charge in [-0.05, 0) is 43.2 Å². The van der Waals surface area contributed by atoms with Crippen LogP contribution in [0, 0.1) is 6.92 Å². The van der Waals surface area contributed by atoms with Gasteiger partial charge in [0.05, 0.1) is 22.1 Å². The van der Waals surface area contributed by atoms with Gasteiger partial charge in [-0.25, -0.2) is 9.97 Å². The van der Waals surface area contributed by atoms with E-state index in [1.807, 2.05) is 35.9 Å². The Hall–Kier alpha value is -3.20. The molecule has 0 spiro atoms. The summed E-state index contributed by atoms with van der Waals surface area (Å²) in [4.78, 5) is 23.4. The van der Waals surface area contributed by atoms with Crippen LogP contribution >= 0.6 is 11.3 Å². The van der Waals surface area contributed by atoms with Gasteiger partial charge >= 0.3 is 6.18 Å². The Morgan fingerprint density at radius 2 is 2.00 bits per heavy atom. The summed E-state index contributed by atoms with van der Waals surface area (Å²) in [5.74, 6) is -0.506. The number of carbonyl (C=O) groups is 1. The molecule has 4 aromatic rings. The van der Waals surface area contributed by atoms with Gasteiger partial charge in [0, 0.05) is 31.0 Å². The molecule has 0 aliphatic rings. The van der Waals surface area contributed by atoms with Crippen LogP contribution in [0.4, 0.5) is 18.3 Å². The average Bonchev–Trinajstić information content (AvgIpc) is 3.41. The molecule has 160 valence electrons. The molecule has 4 rings (SSSR count). The van der Waals surface area contributed by atoms with E-state index in [1.54, 1.807) is 12.5 Å². The number of para-hydroxylation sites is 1. The maximum atomic E-state index is 13.3. The minimum Gasteiger partial charge on any atom is -0.337 e. The number of carbonyl (C=O) groups excluding carboxylic acids is 1. The van der Waals surface area contributed by atoms with Crippen molar-refractivity contribution in [2.24, 2.45) is 0 Å². The molecule has 0 N–H and O–H groups in total. The molecule has 0 saturated heterocycles. The molecule has 0 aliphatic carbocycles. The Labute approximate surface area is 180 Å². The number of aryl methyl sites for hydroxylation is 2. The van der Waals surface area contributed by atoms with Crippen molar-refractivity contribution < 1.29 is 18.0 Å². The van der Waals surface area contributed by atoms with E-state index in [2.05, 4.69) is 9.97 Å². The van der Waals surface area contributed by atoms with Crippen LogP contribution in [-0.2, 0) is 12.7 Å². The first-order chi connectivity index (χ1) is 14.8. The van der Waals surface area contributed by atoms with Crippen LogP contribution in [0.3, 0.4) is 0 Å². The number of thiazole rings is 1. The fourth-order valence-electron chi connectivity index (χ4n) is 3.29. The predicted molar refractivity (Wildman–Crippen MR) is 114 cm³/mol. The lowest BCUT2D eigenvalue weighted by molar-refractivity contribution is -0.137. The molecule has 0 atom stereocenters. The molecule has 0 aliphatic heterocycles. The summed E-state index contributed by atoms with van der Waals surface area (Å²) in [7, 11) is 0. The van der Waals surface area contributed by atoms with Crippen molar-refractivity contribution in [3.63, 3.8) is 0 Å². The number of alkyl halides is 3. The number of aromatic nitrogens is 3. The molecule has 0 fully saturated rings. The zero-order valence-electron chi connectivity index (χ0n) is 16.6. The number of halogens is 3. The third kappa shape index (κ3) is 4.61. The Morgan fingerprint density at radius 1 is 1.19 bits per heavy atom. The lowest BCUT2D eigenvalue weighted by Gasteiger charge is -2.20. The van der Waals surface area contributed by atoms with Crippen LogP contribution in [0.25, 0.3) is 10.2 Å². The first-order valence-electron chi connectivity index (χ1n) is 9.64. The molecule has 0 unspecified atom stereocenters. The number of fused-ring (bicyclic) bond motifs is 1. The summed E-state index contributed by atoms with van der Waals surface area (Å²) in [6.45, 7) is 2.87. The second-order valence-corrected chi connectivity index (χ2v) is 8.12. The molecule has 0 radical (unpaired) electrons. The lowest BCUT2D eigenvalue weighted by atomic mass is 10.1. The maximum Gasteiger partial charge on any atom is 0.416 e. The van der Waals surface area contributed by atoms with E-state index < -0.39 is 17.6 Å². The zero-order chi connectivity index (χ0) is 22.0. The van der Waals surface area contributed by atoms with Crippen LogP contribution in [0.5, 0.6) is 0 Å². The Balaban J connectivity index is 1.67. The van der Waals surface area contributed by atoms with Crippen molar-refractivity contribution in [3.05, 3.63) is 77.9 Å². The summed E-state index contributed by atoms with van der Waals surface area (Å²) in [5, 5.41) is 0.470. The summed E-state index contributed by atoms with van der Waals surface area (Å²) in [6.07, 6.45) is 1.24. The largest absolute Gasteiger partial charge is 0.416 e. The van der Waals surface area contributed by atoms with Gasteiger partial charge in [0.1, 0.15) is 0 Å². The summed E-state index contributed by atoms with van der Waals surface area (Å²) in [5.41, 5.74) is 0.897. The lowest BCUT2D eigenvalue weighted by Crippen LogP contribution is -2.32. The highest BCUT2D eigenvalue weighted by Gasteiger charge is 2.31. The van der Waals surface area contributed by atoms with Crippen molar-refractivity contribution in [1.29, 1.82) is 0 Å². The highest BCUT2D eigenvalue weighted by atomic mass is 32.1. The summed E-state index contributed by atoms with van der Waals surface area (Å²) in [6, 6.07) is 10.3. The third-order valence-electron chi connectivity index (χ3n) is 4.88. The average molecular weight is 444 g/mol. The molecule has 2 heterocycles. The monoisotopic (exact) mass is 444 g/mol. The van der Waals surface area contributed by atoms with Crippen LogP contribution in [0.15, 0.2) is 61.2 Å². The Morgan fingerprint density at radius 3 is 2.71 bits per heavy atom. The second-order valence-electron chi connectivity index (χ2n) is 7.11. The standard InChI is InChI=1S/C22H19F3N4OS/c1-15-5-2-8-18-19(15)27-21(31-18)29(11-4-10-28-12-9-26-14-28)20(30)16-6-3-7-17(13-16)22(23,24)25/h2-3,5-9,12-14H,4,10-11H2,1H3. The molecule has 1 amide bonds. The number of benzene rings is 2. The van der Waals surface area contributed by atoms with Crippen molar-refractivity contribution in [2.75, 3.05) is 11.4 Å². The summed E-state index contributed by atoms with van der Waals surface area (Å²) < 4.78 is 42.3. The minimum atomic E-state index is -4.52. The third-order valence-corrected chi connectivity index (χ3v) is 5.92. The van der Waals surface area contributed by atoms with Crippen molar-refractivity contribution in [3.8, 4) is 0 Å². The highest BCUT2D eigenvalue weighted by molar-refractivity contribution is 7.22. The number of rotatable bonds is 6. The van der Waals surface area contributed by atoms with Crippen LogP contribution in [-0.4, -0.2) is 27.0 Å². The molecule has 9 heteroatoms. The first kappa shape index (κ1) is 21.0. The van der Waals surface area contributed by atoms with E-state index in [0.717, 1.165) is 27.9 Å². The smallest absolute Gasteiger partial charge is 0.337 e. The Kier molecular flexibility index (Phi) is 5.77. The van der Waals surface area contributed by atoms with Gasteiger partial charge < -0.3 is 4.57 Å². The van der Waals surface area contributed by atoms with E-state index >= 15 is 0 Å². The van der Waals surface area contributed by atoms with E-state index in [-0.39, 0.29) is 5.56 Å². The minimum absolute atomic E-state index is 0.0200. The number of hydrogen-bond donors (Lipinski definition) is 0. The van der Waals surface area contributed by atoms with E-state index in [0.29, 0.717) is 24.6 Å². The quantitative estimate of drug-likeness (QED) is 0.391. The number of nitrogens with zero attached hydrogens (tertiary/aromatic N) is 4. The van der Waals surface area contributed by atoms with Gasteiger partial charge in [-0.3, -0.25) is 9.69 Å². The second kappa shape index (κ2) is 8.50. The van der Waals surface area contributed by atoms with Gasteiger partial charge in [0.15, 0.2) is 5.13 Å². The maximum absolute atomic E-state index is 13.3. The van der Waals surface area contributed by atoms with Crippen molar-refractivity contribution in [2.45, 2.75) is 26.1 Å². The van der Waals surface area contributed by atoms with Crippen molar-refractivity contribution >= 4 is 32.6 Å². The van der Waals surface area contributed by atoms with Gasteiger partial charge in [-0.2, -0.15) is 13.2 Å². The van der Waals surface area contributed by atoms with Crippen LogP contribution in [0.1, 0.15) is 27.9 Å². The first-order valence-corrected chi connectivity index (χ1v) is 10.5. The number of hydrogen-bond acceptors (Lipinski definition) is 4. The van der Waals surface area contributed by atoms with E-state index in [9.17, 15) is 18.0 Å². The van der Waals surface area contributed by atoms with Gasteiger partial charge in [0.25, 0.3) is 5.91 Å². The topological polar surface area (TPSA) is 51.0 Å². The molecule has 0 bridgehead atoms. The highest BCUT2D eigenvalue weighted by Crippen LogP contribution is 2.33. The van der Waals surface area contributed by atoms with Gasteiger partial charge in [-0.15, -0.1) is 0 Å². The van der Waals surface area contributed by atoms with Gasteiger partial charge in [-0.1, -0.05) is 29.5 Å². The number of imidazole rings is 1. The molecule has 31 heavy (non-hydrogen) atoms. The Bertz CT molecular complexity index is 1200. The number of anilines is 1. The number of amides is 1. The predicted octanol–water partition coefficient (Wildman–Crippen LogP) is 5.56. The van der Waals surface area contributed by atoms with Crippen molar-refractivity contribution in [1.82, 2.24) is 14.5 Å². The zero-order valence-corrected chi connectivity index (χ0v) is 17.5. The molecular formula is C22H19F3N4OS. The molecule has 0 saturated carbocycles. The van der Waals surface area contributed by atoms with E-state index in [1.165, 1.54) is 28.4 Å². The molecule has 2 aromatic carbocycles. The normalized spacial score (nSPS) is 11.7. The molecule has 2 aromatic heterocycles. The van der Waals surface area contributed by atoms with Gasteiger partial charge in [0.2, 0.25) is 0 Å². The fraction of sp³-hybridized carbons (Fsp3) is 0.227. The van der Waals surface area contributed by atoms with Crippen LogP contribution in [0.2, 0.25) is 0 Å². The summed E-state index contributed by atoms with van der Waals surface area (Å²) >= 11 is 1.35. The fourth-order valence-corrected chi connectivity index (χ4v) is 4.36. The molecule has 5 nitrogen and oxygen atoms in total. The van der Waals surface area contributed by atoms with E-state index in [4.69, 9.17) is 0 Å².